The highest BCUT2D eigenvalue weighted by atomic mass is 79.9. The van der Waals surface area contributed by atoms with Gasteiger partial charge in [-0.3, -0.25) is 0 Å². The van der Waals surface area contributed by atoms with Crippen LogP contribution in [-0.4, -0.2) is 25.2 Å². The Labute approximate surface area is 120 Å². The van der Waals surface area contributed by atoms with Gasteiger partial charge in [0, 0.05) is 24.0 Å². The fraction of sp³-hybridized carbons (Fsp3) is 0.538. The summed E-state index contributed by atoms with van der Waals surface area (Å²) in [7, 11) is 0. The lowest BCUT2D eigenvalue weighted by Gasteiger charge is -2.35. The number of ether oxygens (including phenoxy) is 2. The molecule has 1 aliphatic heterocycles. The first-order chi connectivity index (χ1) is 8.67. The van der Waals surface area contributed by atoms with Crippen LogP contribution in [0.3, 0.4) is 0 Å². The van der Waals surface area contributed by atoms with Crippen LogP contribution in [0.2, 0.25) is 5.02 Å². The Hall–Kier alpha value is -0.320. The molecule has 0 spiro atoms. The molecule has 0 saturated carbocycles. The Bertz CT molecular complexity index is 388. The third kappa shape index (κ3) is 3.16. The van der Waals surface area contributed by atoms with Crippen molar-refractivity contribution in [3.8, 4) is 5.75 Å². The van der Waals surface area contributed by atoms with Gasteiger partial charge in [-0.2, -0.15) is 0 Å². The Morgan fingerprint density at radius 2 is 2.11 bits per heavy atom. The third-order valence-electron chi connectivity index (χ3n) is 3.28. The van der Waals surface area contributed by atoms with Crippen LogP contribution < -0.4 is 4.74 Å². The maximum absolute atomic E-state index is 13.6. The SMILES string of the molecule is Fc1cccc(Cl)c1OCC1(CBr)CCOCC1. The number of hydrogen-bond donors (Lipinski definition) is 0. The lowest BCUT2D eigenvalue weighted by atomic mass is 9.83. The van der Waals surface area contributed by atoms with E-state index < -0.39 is 5.82 Å². The van der Waals surface area contributed by atoms with E-state index in [1.165, 1.54) is 6.07 Å². The van der Waals surface area contributed by atoms with Gasteiger partial charge < -0.3 is 9.47 Å². The third-order valence-corrected chi connectivity index (χ3v) is 4.77. The summed E-state index contributed by atoms with van der Waals surface area (Å²) >= 11 is 9.45. The second-order valence-corrected chi connectivity index (χ2v) is 5.55. The molecule has 2 rings (SSSR count). The molecular formula is C13H15BrClFO2. The molecule has 100 valence electrons. The fourth-order valence-corrected chi connectivity index (χ4v) is 2.91. The predicted octanol–water partition coefficient (Wildman–Crippen LogP) is 4.05. The summed E-state index contributed by atoms with van der Waals surface area (Å²) < 4.78 is 24.5. The van der Waals surface area contributed by atoms with Crippen LogP contribution >= 0.6 is 27.5 Å². The van der Waals surface area contributed by atoms with Crippen LogP contribution in [0.4, 0.5) is 4.39 Å². The van der Waals surface area contributed by atoms with Crippen LogP contribution in [-0.2, 0) is 4.74 Å². The summed E-state index contributed by atoms with van der Waals surface area (Å²) in [6.07, 6.45) is 1.81. The van der Waals surface area contributed by atoms with E-state index in [-0.39, 0.29) is 11.2 Å². The lowest BCUT2D eigenvalue weighted by molar-refractivity contribution is 0.00292. The molecule has 0 unspecified atom stereocenters. The van der Waals surface area contributed by atoms with Gasteiger partial charge in [0.1, 0.15) is 0 Å². The molecule has 5 heteroatoms. The number of halogens is 3. The van der Waals surface area contributed by atoms with Crippen molar-refractivity contribution in [1.82, 2.24) is 0 Å². The molecule has 2 nitrogen and oxygen atoms in total. The number of para-hydroxylation sites is 1. The molecule has 1 fully saturated rings. The van der Waals surface area contributed by atoms with Gasteiger partial charge in [0.25, 0.3) is 0 Å². The quantitative estimate of drug-likeness (QED) is 0.772. The Morgan fingerprint density at radius 1 is 1.39 bits per heavy atom. The van der Waals surface area contributed by atoms with Crippen molar-refractivity contribution in [2.45, 2.75) is 12.8 Å². The van der Waals surface area contributed by atoms with E-state index >= 15 is 0 Å². The molecule has 18 heavy (non-hydrogen) atoms. The zero-order valence-electron chi connectivity index (χ0n) is 9.93. The average molecular weight is 338 g/mol. The minimum atomic E-state index is -0.417. The molecule has 0 radical (unpaired) electrons. The van der Waals surface area contributed by atoms with Gasteiger partial charge in [0.15, 0.2) is 11.6 Å². The number of alkyl halides is 1. The first-order valence-corrected chi connectivity index (χ1v) is 7.37. The second kappa shape index (κ2) is 6.22. The molecule has 0 aromatic heterocycles. The number of benzene rings is 1. The van der Waals surface area contributed by atoms with E-state index in [4.69, 9.17) is 21.1 Å². The molecule has 1 saturated heterocycles. The van der Waals surface area contributed by atoms with Gasteiger partial charge in [-0.1, -0.05) is 33.6 Å². The number of hydrogen-bond acceptors (Lipinski definition) is 2. The summed E-state index contributed by atoms with van der Waals surface area (Å²) in [4.78, 5) is 0. The molecule has 1 aliphatic rings. The van der Waals surface area contributed by atoms with E-state index in [0.29, 0.717) is 11.6 Å². The summed E-state index contributed by atoms with van der Waals surface area (Å²) in [5.74, 6) is -0.273. The molecule has 0 amide bonds. The van der Waals surface area contributed by atoms with Crippen LogP contribution in [0, 0.1) is 11.2 Å². The van der Waals surface area contributed by atoms with E-state index in [2.05, 4.69) is 15.9 Å². The zero-order valence-corrected chi connectivity index (χ0v) is 12.3. The van der Waals surface area contributed by atoms with Gasteiger partial charge in [-0.15, -0.1) is 0 Å². The van der Waals surface area contributed by atoms with Crippen LogP contribution in [0.5, 0.6) is 5.75 Å². The molecule has 0 bridgehead atoms. The first kappa shape index (κ1) is 14.1. The molecular weight excluding hydrogens is 322 g/mol. The van der Waals surface area contributed by atoms with E-state index in [1.54, 1.807) is 12.1 Å². The van der Waals surface area contributed by atoms with Crippen LogP contribution in [0.1, 0.15) is 12.8 Å². The summed E-state index contributed by atoms with van der Waals surface area (Å²) in [6.45, 7) is 1.89. The van der Waals surface area contributed by atoms with Crippen molar-refractivity contribution >= 4 is 27.5 Å². The monoisotopic (exact) mass is 336 g/mol. The topological polar surface area (TPSA) is 18.5 Å². The van der Waals surface area contributed by atoms with Crippen molar-refractivity contribution < 1.29 is 13.9 Å². The zero-order chi connectivity index (χ0) is 13.0. The van der Waals surface area contributed by atoms with Crippen LogP contribution in [0.25, 0.3) is 0 Å². The van der Waals surface area contributed by atoms with Gasteiger partial charge in [-0.05, 0) is 25.0 Å². The highest BCUT2D eigenvalue weighted by molar-refractivity contribution is 9.09. The Balaban J connectivity index is 2.05. The second-order valence-electron chi connectivity index (χ2n) is 4.59. The highest BCUT2D eigenvalue weighted by Gasteiger charge is 2.33. The molecule has 0 atom stereocenters. The normalized spacial score (nSPS) is 18.6. The summed E-state index contributed by atoms with van der Waals surface area (Å²) in [5, 5.41) is 1.13. The van der Waals surface area contributed by atoms with Gasteiger partial charge in [0.05, 0.1) is 11.6 Å². The largest absolute Gasteiger partial charge is 0.488 e. The van der Waals surface area contributed by atoms with Crippen molar-refractivity contribution in [2.24, 2.45) is 5.41 Å². The first-order valence-electron chi connectivity index (χ1n) is 5.87. The minimum absolute atomic E-state index is 0.00383. The van der Waals surface area contributed by atoms with E-state index in [9.17, 15) is 4.39 Å². The molecule has 1 aromatic rings. The standard InChI is InChI=1S/C13H15BrClFO2/c14-8-13(4-6-17-7-5-13)9-18-12-10(15)2-1-3-11(12)16/h1-3H,4-9H2. The smallest absolute Gasteiger partial charge is 0.173 e. The molecule has 0 N–H and O–H groups in total. The van der Waals surface area contributed by atoms with Crippen molar-refractivity contribution in [3.63, 3.8) is 0 Å². The minimum Gasteiger partial charge on any atom is -0.488 e. The van der Waals surface area contributed by atoms with E-state index in [0.717, 1.165) is 31.4 Å². The molecule has 1 heterocycles. The maximum atomic E-state index is 13.6. The van der Waals surface area contributed by atoms with Gasteiger partial charge >= 0.3 is 0 Å². The maximum Gasteiger partial charge on any atom is 0.173 e. The van der Waals surface area contributed by atoms with Crippen LogP contribution in [0.15, 0.2) is 18.2 Å². The Morgan fingerprint density at radius 3 is 2.72 bits per heavy atom. The predicted molar refractivity (Wildman–Crippen MR) is 73.2 cm³/mol. The van der Waals surface area contributed by atoms with Gasteiger partial charge in [0.2, 0.25) is 0 Å². The van der Waals surface area contributed by atoms with Gasteiger partial charge in [-0.25, -0.2) is 4.39 Å². The highest BCUT2D eigenvalue weighted by Crippen LogP contribution is 2.35. The molecule has 0 aliphatic carbocycles. The van der Waals surface area contributed by atoms with E-state index in [1.807, 2.05) is 0 Å². The molecule has 1 aromatic carbocycles. The fourth-order valence-electron chi connectivity index (χ4n) is 1.97. The lowest BCUT2D eigenvalue weighted by Crippen LogP contribution is -2.36. The van der Waals surface area contributed by atoms with Crippen molar-refractivity contribution in [1.29, 1.82) is 0 Å². The Kier molecular flexibility index (Phi) is 4.87. The number of rotatable bonds is 4. The summed E-state index contributed by atoms with van der Waals surface area (Å²) in [5.41, 5.74) is 0.00383. The summed E-state index contributed by atoms with van der Waals surface area (Å²) in [6, 6.07) is 4.55. The van der Waals surface area contributed by atoms with Crippen molar-refractivity contribution in [3.05, 3.63) is 29.0 Å². The van der Waals surface area contributed by atoms with Crippen molar-refractivity contribution in [2.75, 3.05) is 25.2 Å². The average Bonchev–Trinajstić information content (AvgIpc) is 2.39.